The minimum atomic E-state index is -0.436. The molecular formula is C13H13FOS2. The number of benzene rings is 1. The zero-order chi connectivity index (χ0) is 12.1. The molecule has 4 heteroatoms. The van der Waals surface area contributed by atoms with Crippen LogP contribution in [-0.4, -0.2) is 17.0 Å². The van der Waals surface area contributed by atoms with Gasteiger partial charge in [0.05, 0.1) is 6.10 Å². The van der Waals surface area contributed by atoms with E-state index < -0.39 is 6.10 Å². The molecule has 1 nitrogen and oxygen atoms in total. The number of hydrogen-bond acceptors (Lipinski definition) is 3. The molecule has 0 bridgehead atoms. The van der Waals surface area contributed by atoms with E-state index in [0.29, 0.717) is 17.1 Å². The maximum absolute atomic E-state index is 13.3. The highest BCUT2D eigenvalue weighted by atomic mass is 32.2. The summed E-state index contributed by atoms with van der Waals surface area (Å²) < 4.78 is 13.3. The van der Waals surface area contributed by atoms with Gasteiger partial charge in [-0.3, -0.25) is 0 Å². The number of rotatable bonds is 5. The van der Waals surface area contributed by atoms with Gasteiger partial charge in [-0.2, -0.15) is 11.3 Å². The Hall–Kier alpha value is -0.840. The number of hydrogen-bond donors (Lipinski definition) is 1. The Morgan fingerprint density at radius 1 is 1.29 bits per heavy atom. The first-order valence-corrected chi connectivity index (χ1v) is 7.25. The van der Waals surface area contributed by atoms with Crippen LogP contribution in [0.2, 0.25) is 0 Å². The molecule has 0 saturated heterocycles. The lowest BCUT2D eigenvalue weighted by Crippen LogP contribution is -2.13. The zero-order valence-electron chi connectivity index (χ0n) is 9.17. The Morgan fingerprint density at radius 3 is 2.82 bits per heavy atom. The van der Waals surface area contributed by atoms with Crippen LogP contribution in [-0.2, 0) is 6.42 Å². The average Bonchev–Trinajstić information content (AvgIpc) is 2.81. The Bertz CT molecular complexity index is 456. The molecule has 1 N–H and O–H groups in total. The smallest absolute Gasteiger partial charge is 0.136 e. The van der Waals surface area contributed by atoms with E-state index in [1.165, 1.54) is 17.8 Å². The van der Waals surface area contributed by atoms with Gasteiger partial charge in [-0.05, 0) is 40.9 Å². The quantitative estimate of drug-likeness (QED) is 0.836. The van der Waals surface area contributed by atoms with Crippen molar-refractivity contribution >= 4 is 23.1 Å². The molecule has 0 aliphatic heterocycles. The second-order valence-corrected chi connectivity index (χ2v) is 5.57. The first kappa shape index (κ1) is 12.6. The SMILES string of the molecule is OC(CSc1ccccc1F)Cc1ccsc1. The first-order valence-electron chi connectivity index (χ1n) is 5.32. The predicted molar refractivity (Wildman–Crippen MR) is 71.2 cm³/mol. The van der Waals surface area contributed by atoms with Gasteiger partial charge in [0.2, 0.25) is 0 Å². The van der Waals surface area contributed by atoms with Gasteiger partial charge in [0.15, 0.2) is 0 Å². The third-order valence-electron chi connectivity index (χ3n) is 2.32. The van der Waals surface area contributed by atoms with Crippen molar-refractivity contribution in [2.45, 2.75) is 17.4 Å². The number of thioether (sulfide) groups is 1. The van der Waals surface area contributed by atoms with Gasteiger partial charge in [0, 0.05) is 10.6 Å². The maximum atomic E-state index is 13.3. The van der Waals surface area contributed by atoms with Crippen LogP contribution in [0, 0.1) is 5.82 Å². The van der Waals surface area contributed by atoms with Crippen molar-refractivity contribution in [1.29, 1.82) is 0 Å². The van der Waals surface area contributed by atoms with E-state index in [0.717, 1.165) is 5.56 Å². The summed E-state index contributed by atoms with van der Waals surface area (Å²) in [4.78, 5) is 0.594. The lowest BCUT2D eigenvalue weighted by Gasteiger charge is -2.09. The van der Waals surface area contributed by atoms with Crippen molar-refractivity contribution in [2.24, 2.45) is 0 Å². The molecule has 0 radical (unpaired) electrons. The molecular weight excluding hydrogens is 255 g/mol. The van der Waals surface area contributed by atoms with Crippen molar-refractivity contribution < 1.29 is 9.50 Å². The van der Waals surface area contributed by atoms with Crippen LogP contribution in [0.4, 0.5) is 4.39 Å². The fourth-order valence-corrected chi connectivity index (χ4v) is 3.04. The van der Waals surface area contributed by atoms with Gasteiger partial charge in [-0.15, -0.1) is 11.8 Å². The molecule has 0 fully saturated rings. The molecule has 1 aromatic heterocycles. The zero-order valence-corrected chi connectivity index (χ0v) is 10.8. The van der Waals surface area contributed by atoms with Gasteiger partial charge in [-0.1, -0.05) is 12.1 Å². The molecule has 2 rings (SSSR count). The van der Waals surface area contributed by atoms with Crippen LogP contribution in [0.1, 0.15) is 5.56 Å². The third kappa shape index (κ3) is 3.84. The summed E-state index contributed by atoms with van der Waals surface area (Å²) in [5, 5.41) is 13.9. The molecule has 0 aliphatic carbocycles. The summed E-state index contributed by atoms with van der Waals surface area (Å²) in [7, 11) is 0. The van der Waals surface area contributed by atoms with E-state index in [9.17, 15) is 9.50 Å². The molecule has 1 unspecified atom stereocenters. The van der Waals surface area contributed by atoms with E-state index >= 15 is 0 Å². The van der Waals surface area contributed by atoms with E-state index in [-0.39, 0.29) is 5.82 Å². The van der Waals surface area contributed by atoms with Crippen LogP contribution in [0.5, 0.6) is 0 Å². The lowest BCUT2D eigenvalue weighted by atomic mass is 10.2. The van der Waals surface area contributed by atoms with Gasteiger partial charge >= 0.3 is 0 Å². The monoisotopic (exact) mass is 268 g/mol. The molecule has 1 aromatic carbocycles. The molecule has 17 heavy (non-hydrogen) atoms. The summed E-state index contributed by atoms with van der Waals surface area (Å²) in [5.74, 6) is 0.289. The highest BCUT2D eigenvalue weighted by molar-refractivity contribution is 7.99. The predicted octanol–water partition coefficient (Wildman–Crippen LogP) is 3.58. The van der Waals surface area contributed by atoms with Gasteiger partial charge < -0.3 is 5.11 Å². The second-order valence-electron chi connectivity index (χ2n) is 3.73. The van der Waals surface area contributed by atoms with E-state index in [2.05, 4.69) is 0 Å². The highest BCUT2D eigenvalue weighted by Gasteiger charge is 2.08. The van der Waals surface area contributed by atoms with Crippen LogP contribution < -0.4 is 0 Å². The molecule has 0 saturated carbocycles. The van der Waals surface area contributed by atoms with E-state index in [1.807, 2.05) is 16.8 Å². The molecule has 0 amide bonds. The Kier molecular flexibility index (Phi) is 4.59. The van der Waals surface area contributed by atoms with Crippen molar-refractivity contribution in [3.8, 4) is 0 Å². The van der Waals surface area contributed by atoms with Crippen LogP contribution >= 0.6 is 23.1 Å². The maximum Gasteiger partial charge on any atom is 0.136 e. The third-order valence-corrected chi connectivity index (χ3v) is 4.24. The Balaban J connectivity index is 1.84. The summed E-state index contributed by atoms with van der Waals surface area (Å²) in [6.07, 6.45) is 0.194. The summed E-state index contributed by atoms with van der Waals surface area (Å²) >= 11 is 2.98. The molecule has 0 aliphatic rings. The number of aliphatic hydroxyl groups is 1. The molecule has 1 atom stereocenters. The van der Waals surface area contributed by atoms with Crippen LogP contribution in [0.3, 0.4) is 0 Å². The first-order chi connectivity index (χ1) is 8.25. The van der Waals surface area contributed by atoms with Gasteiger partial charge in [0.25, 0.3) is 0 Å². The summed E-state index contributed by atoms with van der Waals surface area (Å²) in [6.45, 7) is 0. The van der Waals surface area contributed by atoms with Gasteiger partial charge in [0.1, 0.15) is 5.82 Å². The summed E-state index contributed by atoms with van der Waals surface area (Å²) in [5.41, 5.74) is 1.14. The Morgan fingerprint density at radius 2 is 2.12 bits per heavy atom. The van der Waals surface area contributed by atoms with Crippen molar-refractivity contribution in [2.75, 3.05) is 5.75 Å². The largest absolute Gasteiger partial charge is 0.392 e. The lowest BCUT2D eigenvalue weighted by molar-refractivity contribution is 0.200. The van der Waals surface area contributed by atoms with Crippen LogP contribution in [0.15, 0.2) is 46.0 Å². The normalized spacial score (nSPS) is 12.6. The van der Waals surface area contributed by atoms with Crippen molar-refractivity contribution in [3.05, 3.63) is 52.5 Å². The summed E-state index contributed by atoms with van der Waals surface area (Å²) in [6, 6.07) is 8.64. The van der Waals surface area contributed by atoms with E-state index in [4.69, 9.17) is 0 Å². The number of halogens is 1. The van der Waals surface area contributed by atoms with Crippen LogP contribution in [0.25, 0.3) is 0 Å². The van der Waals surface area contributed by atoms with Gasteiger partial charge in [-0.25, -0.2) is 4.39 Å². The standard InChI is InChI=1S/C13H13FOS2/c14-12-3-1-2-4-13(12)17-9-11(15)7-10-5-6-16-8-10/h1-6,8,11,15H,7,9H2. The number of thiophene rings is 1. The molecule has 0 spiro atoms. The van der Waals surface area contributed by atoms with Crippen molar-refractivity contribution in [3.63, 3.8) is 0 Å². The minimum Gasteiger partial charge on any atom is -0.392 e. The minimum absolute atomic E-state index is 0.222. The second kappa shape index (κ2) is 6.19. The van der Waals surface area contributed by atoms with Crippen molar-refractivity contribution in [1.82, 2.24) is 0 Å². The van der Waals surface area contributed by atoms with E-state index in [1.54, 1.807) is 29.5 Å². The average molecular weight is 268 g/mol. The fourth-order valence-electron chi connectivity index (χ4n) is 1.49. The Labute approximate surface area is 108 Å². The highest BCUT2D eigenvalue weighted by Crippen LogP contribution is 2.22. The topological polar surface area (TPSA) is 20.2 Å². The molecule has 2 aromatic rings. The number of aliphatic hydroxyl groups excluding tert-OH is 1. The fraction of sp³-hybridized carbons (Fsp3) is 0.231. The molecule has 90 valence electrons. The molecule has 1 heterocycles.